The lowest BCUT2D eigenvalue weighted by Gasteiger charge is -2.16. The Hall–Kier alpha value is 1.18. The van der Waals surface area contributed by atoms with E-state index in [1.54, 1.807) is 0 Å². The number of fused-ring (bicyclic) bond motifs is 1. The van der Waals surface area contributed by atoms with E-state index in [1.165, 1.54) is 0 Å². The van der Waals surface area contributed by atoms with Crippen LogP contribution in [0.5, 0.6) is 0 Å². The van der Waals surface area contributed by atoms with Crippen LogP contribution in [0.25, 0.3) is 10.8 Å². The number of benzene rings is 2. The highest BCUT2D eigenvalue weighted by molar-refractivity contribution is 9.15. The maximum Gasteiger partial charge on any atom is 0.0710 e. The van der Waals surface area contributed by atoms with Crippen molar-refractivity contribution in [3.63, 3.8) is 0 Å². The van der Waals surface area contributed by atoms with E-state index >= 15 is 0 Å². The fraction of sp³-hybridized carbons (Fsp3) is 0. The summed E-state index contributed by atoms with van der Waals surface area (Å²) in [6.07, 6.45) is 0. The van der Waals surface area contributed by atoms with Crippen molar-refractivity contribution in [2.24, 2.45) is 0 Å². The minimum absolute atomic E-state index is 0.510. The first-order valence-corrected chi connectivity index (χ1v) is 9.22. The van der Waals surface area contributed by atoms with Crippen LogP contribution in [0.3, 0.4) is 0 Å². The Bertz CT molecular complexity index is 569. The summed E-state index contributed by atoms with van der Waals surface area (Å²) in [7, 11) is 0. The van der Waals surface area contributed by atoms with Gasteiger partial charge in [-0.25, -0.2) is 0 Å². The molecule has 2 aromatic carbocycles. The zero-order valence-electron chi connectivity index (χ0n) is 8.42. The molecule has 0 aliphatic rings. The fourth-order valence-electron chi connectivity index (χ4n) is 1.55. The summed E-state index contributed by atoms with van der Waals surface area (Å²) < 4.78 is 5.12. The Morgan fingerprint density at radius 2 is 0.722 bits per heavy atom. The summed E-state index contributed by atoms with van der Waals surface area (Å²) >= 11 is 21.2. The van der Waals surface area contributed by atoms with Gasteiger partial charge in [0.15, 0.2) is 0 Å². The van der Waals surface area contributed by atoms with Crippen LogP contribution in [0.1, 0.15) is 0 Å². The first kappa shape index (κ1) is 15.6. The molecule has 2 aromatic rings. The van der Waals surface area contributed by atoms with Gasteiger partial charge >= 0.3 is 0 Å². The number of hydrogen-bond acceptors (Lipinski definition) is 2. The van der Waals surface area contributed by atoms with Crippen LogP contribution in [0.2, 0.25) is 0 Å². The van der Waals surface area contributed by atoms with E-state index in [-0.39, 0.29) is 0 Å². The summed E-state index contributed by atoms with van der Waals surface area (Å²) in [6, 6.07) is 0. The van der Waals surface area contributed by atoms with Crippen molar-refractivity contribution < 1.29 is 0 Å². The molecular weight excluding hydrogens is 628 g/mol. The van der Waals surface area contributed by atoms with Gasteiger partial charge in [0.2, 0.25) is 0 Å². The van der Waals surface area contributed by atoms with Gasteiger partial charge in [0.1, 0.15) is 0 Å². The molecule has 18 heavy (non-hydrogen) atoms. The third kappa shape index (κ3) is 2.20. The lowest BCUT2D eigenvalue weighted by molar-refractivity contribution is 1.53. The zero-order valence-corrected chi connectivity index (χ0v) is 17.9. The van der Waals surface area contributed by atoms with Crippen molar-refractivity contribution >= 4 is 118 Å². The molecule has 0 aromatic heterocycles. The second-order valence-corrected chi connectivity index (χ2v) is 8.22. The minimum Gasteiger partial charge on any atom is -0.396 e. The molecule has 0 amide bonds. The highest BCUT2D eigenvalue weighted by Gasteiger charge is 2.21. The summed E-state index contributed by atoms with van der Waals surface area (Å²) in [6.45, 7) is 0. The van der Waals surface area contributed by atoms with E-state index in [1.807, 2.05) is 0 Å². The summed E-state index contributed by atoms with van der Waals surface area (Å²) in [5, 5.41) is 1.88. The van der Waals surface area contributed by atoms with Crippen molar-refractivity contribution in [3.05, 3.63) is 26.8 Å². The molecule has 8 heteroatoms. The molecule has 0 fully saturated rings. The maximum atomic E-state index is 5.99. The second kappa shape index (κ2) is 5.52. The van der Waals surface area contributed by atoms with Gasteiger partial charge in [-0.1, -0.05) is 0 Å². The predicted octanol–water partition coefficient (Wildman–Crippen LogP) is 6.58. The standard InChI is InChI=1S/C10H4Br6N2/c11-3-1-2(4(12)8(16)7(3)15)6(14)10(18)9(17)5(1)13/h17-18H2. The number of anilines is 2. The average molecular weight is 632 g/mol. The quantitative estimate of drug-likeness (QED) is 0.196. The number of nitrogen functional groups attached to an aromatic ring is 2. The van der Waals surface area contributed by atoms with Crippen LogP contribution in [-0.4, -0.2) is 0 Å². The molecule has 0 aliphatic heterocycles. The fourth-order valence-corrected chi connectivity index (χ4v) is 5.82. The number of nitrogens with two attached hydrogens (primary N) is 2. The zero-order chi connectivity index (χ0) is 13.8. The molecular formula is C10H4Br6N2. The molecule has 0 bridgehead atoms. The Morgan fingerprint density at radius 3 is 1.00 bits per heavy atom. The predicted molar refractivity (Wildman–Crippen MR) is 99.0 cm³/mol. The van der Waals surface area contributed by atoms with Crippen LogP contribution in [0.4, 0.5) is 11.4 Å². The molecule has 0 radical (unpaired) electrons. The third-order valence-corrected chi connectivity index (χ3v) is 8.88. The van der Waals surface area contributed by atoms with Crippen molar-refractivity contribution in [1.29, 1.82) is 0 Å². The van der Waals surface area contributed by atoms with Gasteiger partial charge in [-0.05, 0) is 95.6 Å². The van der Waals surface area contributed by atoms with Crippen molar-refractivity contribution in [1.82, 2.24) is 0 Å². The SMILES string of the molecule is Nc1c(N)c(Br)c2c(Br)c(Br)c(Br)c(Br)c2c1Br. The minimum atomic E-state index is 0.510. The van der Waals surface area contributed by atoms with E-state index in [4.69, 9.17) is 11.5 Å². The van der Waals surface area contributed by atoms with Crippen LogP contribution in [0, 0.1) is 0 Å². The molecule has 96 valence electrons. The number of hydrogen-bond donors (Lipinski definition) is 2. The van der Waals surface area contributed by atoms with E-state index in [9.17, 15) is 0 Å². The van der Waals surface area contributed by atoms with Crippen LogP contribution >= 0.6 is 95.6 Å². The van der Waals surface area contributed by atoms with E-state index < -0.39 is 0 Å². The van der Waals surface area contributed by atoms with Crippen molar-refractivity contribution in [2.45, 2.75) is 0 Å². The topological polar surface area (TPSA) is 52.0 Å². The van der Waals surface area contributed by atoms with Gasteiger partial charge < -0.3 is 11.5 Å². The monoisotopic (exact) mass is 626 g/mol. The largest absolute Gasteiger partial charge is 0.396 e. The molecule has 2 nitrogen and oxygen atoms in total. The normalized spacial score (nSPS) is 11.2. The van der Waals surface area contributed by atoms with Crippen LogP contribution in [-0.2, 0) is 0 Å². The lowest BCUT2D eigenvalue weighted by atomic mass is 10.1. The van der Waals surface area contributed by atoms with E-state index in [0.29, 0.717) is 11.4 Å². The molecule has 0 heterocycles. The Labute approximate surface area is 154 Å². The first-order chi connectivity index (χ1) is 8.29. The molecule has 0 saturated carbocycles. The van der Waals surface area contributed by atoms with Crippen molar-refractivity contribution in [3.8, 4) is 0 Å². The van der Waals surface area contributed by atoms with E-state index in [0.717, 1.165) is 37.6 Å². The number of rotatable bonds is 0. The van der Waals surface area contributed by atoms with Gasteiger partial charge in [-0.15, -0.1) is 0 Å². The Kier molecular flexibility index (Phi) is 4.77. The molecule has 0 saturated heterocycles. The summed E-state index contributed by atoms with van der Waals surface area (Å²) in [5.41, 5.74) is 13.0. The Morgan fingerprint density at radius 1 is 0.444 bits per heavy atom. The number of halogens is 6. The highest BCUT2D eigenvalue weighted by Crippen LogP contribution is 2.51. The van der Waals surface area contributed by atoms with Crippen LogP contribution < -0.4 is 11.5 Å². The maximum absolute atomic E-state index is 5.99. The van der Waals surface area contributed by atoms with Gasteiger partial charge in [0.05, 0.1) is 20.3 Å². The molecule has 0 spiro atoms. The molecule has 0 atom stereocenters. The van der Waals surface area contributed by atoms with Crippen LogP contribution in [0.15, 0.2) is 26.8 Å². The molecule has 0 unspecified atom stereocenters. The summed E-state index contributed by atoms with van der Waals surface area (Å²) in [5.74, 6) is 0. The smallest absolute Gasteiger partial charge is 0.0710 e. The van der Waals surface area contributed by atoms with E-state index in [2.05, 4.69) is 95.6 Å². The highest BCUT2D eigenvalue weighted by atomic mass is 79.9. The van der Waals surface area contributed by atoms with Gasteiger partial charge in [0.25, 0.3) is 0 Å². The van der Waals surface area contributed by atoms with Gasteiger partial charge in [-0.2, -0.15) is 0 Å². The first-order valence-electron chi connectivity index (χ1n) is 4.46. The third-order valence-electron chi connectivity index (χ3n) is 2.47. The van der Waals surface area contributed by atoms with Crippen molar-refractivity contribution in [2.75, 3.05) is 11.5 Å². The molecule has 2 rings (SSSR count). The Balaban J connectivity index is 3.22. The second-order valence-electron chi connectivity index (χ2n) is 3.46. The van der Waals surface area contributed by atoms with Gasteiger partial charge in [-0.3, -0.25) is 0 Å². The molecule has 4 N–H and O–H groups in total. The van der Waals surface area contributed by atoms with Gasteiger partial charge in [0, 0.05) is 28.7 Å². The summed E-state index contributed by atoms with van der Waals surface area (Å²) in [4.78, 5) is 0. The molecule has 0 aliphatic carbocycles. The average Bonchev–Trinajstić information content (AvgIpc) is 2.35. The lowest BCUT2D eigenvalue weighted by Crippen LogP contribution is -1.99.